The predicted octanol–water partition coefficient (Wildman–Crippen LogP) is 1.70. The van der Waals surface area contributed by atoms with Gasteiger partial charge in [0.1, 0.15) is 0 Å². The molecule has 0 bridgehead atoms. The minimum atomic E-state index is -0.233. The second kappa shape index (κ2) is 6.91. The minimum Gasteiger partial charge on any atom is -0.346 e. The summed E-state index contributed by atoms with van der Waals surface area (Å²) < 4.78 is 1.60. The van der Waals surface area contributed by atoms with Crippen molar-refractivity contribution in [1.29, 1.82) is 0 Å². The average Bonchev–Trinajstić information content (AvgIpc) is 3.22. The van der Waals surface area contributed by atoms with Crippen LogP contribution in [0.5, 0.6) is 0 Å². The maximum absolute atomic E-state index is 12.9. The van der Waals surface area contributed by atoms with Crippen molar-refractivity contribution >= 4 is 11.8 Å². The van der Waals surface area contributed by atoms with Crippen LogP contribution in [0.4, 0.5) is 0 Å². The van der Waals surface area contributed by atoms with Crippen molar-refractivity contribution in [1.82, 2.24) is 25.2 Å². The Hall–Kier alpha value is -1.92. The second-order valence-electron chi connectivity index (χ2n) is 7.46. The molecule has 0 aromatic carbocycles. The van der Waals surface area contributed by atoms with E-state index in [0.717, 1.165) is 19.4 Å². The first-order valence-electron chi connectivity index (χ1n) is 9.03. The van der Waals surface area contributed by atoms with Gasteiger partial charge in [0.25, 0.3) is 11.8 Å². The summed E-state index contributed by atoms with van der Waals surface area (Å²) in [6.07, 6.45) is 4.15. The summed E-state index contributed by atoms with van der Waals surface area (Å²) in [4.78, 5) is 27.2. The van der Waals surface area contributed by atoms with Gasteiger partial charge in [0.05, 0.1) is 6.54 Å². The van der Waals surface area contributed by atoms with Gasteiger partial charge in [-0.05, 0) is 37.5 Å². The summed E-state index contributed by atoms with van der Waals surface area (Å²) in [5.41, 5.74) is 0.515. The highest BCUT2D eigenvalue weighted by molar-refractivity contribution is 6.05. The van der Waals surface area contributed by atoms with E-state index in [-0.39, 0.29) is 23.6 Å². The maximum atomic E-state index is 12.9. The molecule has 2 aliphatic rings. The van der Waals surface area contributed by atoms with Crippen molar-refractivity contribution in [2.45, 2.75) is 59.0 Å². The fraction of sp³-hybridized carbons (Fsp3) is 0.765. The summed E-state index contributed by atoms with van der Waals surface area (Å²) in [7, 11) is 0. The number of carbonyl (C=O) groups excluding carboxylic acids is 2. The van der Waals surface area contributed by atoms with E-state index in [9.17, 15) is 9.59 Å². The lowest BCUT2D eigenvalue weighted by molar-refractivity contribution is 0.0731. The Bertz CT molecular complexity index is 620. The van der Waals surface area contributed by atoms with Gasteiger partial charge in [-0.3, -0.25) is 9.59 Å². The molecule has 132 valence electrons. The Labute approximate surface area is 142 Å². The van der Waals surface area contributed by atoms with E-state index >= 15 is 0 Å². The van der Waals surface area contributed by atoms with E-state index in [1.807, 2.05) is 4.90 Å². The number of aromatic nitrogens is 3. The molecule has 0 radical (unpaired) electrons. The predicted molar refractivity (Wildman–Crippen MR) is 89.6 cm³/mol. The molecular formula is C17H27N5O2. The largest absolute Gasteiger partial charge is 0.346 e. The molecule has 7 nitrogen and oxygen atoms in total. The van der Waals surface area contributed by atoms with Gasteiger partial charge in [-0.2, -0.15) is 0 Å². The van der Waals surface area contributed by atoms with Gasteiger partial charge in [0.2, 0.25) is 0 Å². The van der Waals surface area contributed by atoms with E-state index in [4.69, 9.17) is 0 Å². The third-order valence-electron chi connectivity index (χ3n) is 4.59. The highest BCUT2D eigenvalue weighted by Gasteiger charge is 2.35. The van der Waals surface area contributed by atoms with Crippen LogP contribution in [-0.2, 0) is 6.54 Å². The van der Waals surface area contributed by atoms with E-state index in [1.165, 1.54) is 12.8 Å². The summed E-state index contributed by atoms with van der Waals surface area (Å²) >= 11 is 0. The highest BCUT2D eigenvalue weighted by Crippen LogP contribution is 2.30. The first-order chi connectivity index (χ1) is 11.5. The van der Waals surface area contributed by atoms with Crippen LogP contribution in [0.3, 0.4) is 0 Å². The zero-order valence-corrected chi connectivity index (χ0v) is 14.8. The molecule has 0 saturated heterocycles. The van der Waals surface area contributed by atoms with E-state index in [2.05, 4.69) is 36.4 Å². The lowest BCUT2D eigenvalue weighted by Gasteiger charge is -2.26. The Morgan fingerprint density at radius 3 is 2.79 bits per heavy atom. The zero-order chi connectivity index (χ0) is 17.3. The Morgan fingerprint density at radius 1 is 1.42 bits per heavy atom. The number of hydrogen-bond acceptors (Lipinski definition) is 4. The van der Waals surface area contributed by atoms with E-state index in [0.29, 0.717) is 30.6 Å². The van der Waals surface area contributed by atoms with Crippen molar-refractivity contribution in [2.75, 3.05) is 13.1 Å². The number of rotatable bonds is 7. The summed E-state index contributed by atoms with van der Waals surface area (Å²) in [6, 6.07) is 0.0489. The summed E-state index contributed by atoms with van der Waals surface area (Å²) in [5.74, 6) is 0.696. The Morgan fingerprint density at radius 2 is 2.17 bits per heavy atom. The lowest BCUT2D eigenvalue weighted by atomic mass is 10.0. The molecular weight excluding hydrogens is 306 g/mol. The third-order valence-corrected chi connectivity index (χ3v) is 4.59. The fourth-order valence-corrected chi connectivity index (χ4v) is 3.33. The molecule has 3 rings (SSSR count). The maximum Gasteiger partial charge on any atom is 0.276 e. The molecule has 1 aromatic rings. The van der Waals surface area contributed by atoms with Crippen LogP contribution in [0.2, 0.25) is 0 Å². The molecule has 7 heteroatoms. The van der Waals surface area contributed by atoms with Gasteiger partial charge in [0, 0.05) is 19.1 Å². The number of nitrogens with one attached hydrogen (secondary N) is 1. The molecule has 1 N–H and O–H groups in total. The SMILES string of the molecule is CCCN(CC1CC1)C(=O)c1nnn2c1C(=O)N[C@@H](CC(C)C)C2. The molecule has 24 heavy (non-hydrogen) atoms. The standard InChI is InChI=1S/C17H27N5O2/c1-4-7-21(9-12-5-6-12)17(24)14-15-16(23)18-13(8-11(2)3)10-22(15)20-19-14/h11-13H,4-10H2,1-3H3,(H,18,23)/t13-/m0/s1. The van der Waals surface area contributed by atoms with Crippen molar-refractivity contribution in [3.8, 4) is 0 Å². The van der Waals surface area contributed by atoms with Crippen molar-refractivity contribution in [3.05, 3.63) is 11.4 Å². The van der Waals surface area contributed by atoms with Crippen LogP contribution < -0.4 is 5.32 Å². The number of fused-ring (bicyclic) bond motifs is 1. The second-order valence-corrected chi connectivity index (χ2v) is 7.46. The molecule has 1 aliphatic carbocycles. The molecule has 2 heterocycles. The van der Waals surface area contributed by atoms with Crippen molar-refractivity contribution in [3.63, 3.8) is 0 Å². The molecule has 1 fully saturated rings. The lowest BCUT2D eigenvalue weighted by Crippen LogP contribution is -2.46. The van der Waals surface area contributed by atoms with Gasteiger partial charge < -0.3 is 10.2 Å². The minimum absolute atomic E-state index is 0.0489. The number of carbonyl (C=O) groups is 2. The van der Waals surface area contributed by atoms with Gasteiger partial charge in [-0.15, -0.1) is 5.10 Å². The zero-order valence-electron chi connectivity index (χ0n) is 14.8. The topological polar surface area (TPSA) is 80.1 Å². The monoisotopic (exact) mass is 333 g/mol. The summed E-state index contributed by atoms with van der Waals surface area (Å²) in [6.45, 7) is 8.33. The van der Waals surface area contributed by atoms with Crippen molar-refractivity contribution in [2.24, 2.45) is 11.8 Å². The van der Waals surface area contributed by atoms with E-state index in [1.54, 1.807) is 4.68 Å². The fourth-order valence-electron chi connectivity index (χ4n) is 3.33. The highest BCUT2D eigenvalue weighted by atomic mass is 16.2. The Kier molecular flexibility index (Phi) is 4.87. The van der Waals surface area contributed by atoms with Crippen LogP contribution in [-0.4, -0.2) is 50.8 Å². The average molecular weight is 333 g/mol. The van der Waals surface area contributed by atoms with Crippen LogP contribution >= 0.6 is 0 Å². The quantitative estimate of drug-likeness (QED) is 0.823. The first-order valence-corrected chi connectivity index (χ1v) is 9.03. The van der Waals surface area contributed by atoms with Crippen molar-refractivity contribution < 1.29 is 9.59 Å². The van der Waals surface area contributed by atoms with Gasteiger partial charge in [0.15, 0.2) is 11.4 Å². The van der Waals surface area contributed by atoms with Crippen LogP contribution in [0.25, 0.3) is 0 Å². The molecule has 1 aliphatic heterocycles. The third kappa shape index (κ3) is 3.60. The van der Waals surface area contributed by atoms with Gasteiger partial charge in [-0.1, -0.05) is 26.0 Å². The molecule has 0 spiro atoms. The summed E-state index contributed by atoms with van der Waals surface area (Å²) in [5, 5.41) is 11.1. The van der Waals surface area contributed by atoms with Crippen LogP contribution in [0, 0.1) is 11.8 Å². The number of amides is 2. The number of nitrogens with zero attached hydrogens (tertiary/aromatic N) is 4. The van der Waals surface area contributed by atoms with Gasteiger partial charge >= 0.3 is 0 Å². The normalized spacial score (nSPS) is 20.0. The van der Waals surface area contributed by atoms with E-state index < -0.39 is 0 Å². The first kappa shape index (κ1) is 16.9. The molecule has 1 aromatic heterocycles. The molecule has 1 atom stereocenters. The van der Waals surface area contributed by atoms with Crippen LogP contribution in [0.1, 0.15) is 67.4 Å². The Balaban J connectivity index is 1.79. The van der Waals surface area contributed by atoms with Gasteiger partial charge in [-0.25, -0.2) is 4.68 Å². The molecule has 2 amide bonds. The van der Waals surface area contributed by atoms with Crippen LogP contribution in [0.15, 0.2) is 0 Å². The molecule has 0 unspecified atom stereocenters. The molecule has 1 saturated carbocycles. The smallest absolute Gasteiger partial charge is 0.276 e. The number of hydrogen-bond donors (Lipinski definition) is 1.